The number of aldehydes is 1. The first kappa shape index (κ1) is 19.7. The second-order valence-electron chi connectivity index (χ2n) is 6.03. The lowest BCUT2D eigenvalue weighted by Crippen LogP contribution is -2.37. The first-order chi connectivity index (χ1) is 13.5. The lowest BCUT2D eigenvalue weighted by molar-refractivity contribution is -0.385. The minimum atomic E-state index is -0.638. The van der Waals surface area contributed by atoms with Gasteiger partial charge in [-0.05, 0) is 5.56 Å². The van der Waals surface area contributed by atoms with E-state index in [4.69, 9.17) is 9.47 Å². The van der Waals surface area contributed by atoms with Crippen LogP contribution in [0.2, 0.25) is 0 Å². The zero-order chi connectivity index (χ0) is 20.1. The third-order valence-corrected chi connectivity index (χ3v) is 5.32. The van der Waals surface area contributed by atoms with Crippen molar-refractivity contribution in [3.8, 4) is 11.5 Å². The highest BCUT2D eigenvalue weighted by atomic mass is 32.2. The number of methoxy groups -OCH3 is 1. The number of nitro groups is 1. The van der Waals surface area contributed by atoms with Crippen LogP contribution in [0.15, 0.2) is 42.5 Å². The molecule has 0 saturated carbocycles. The predicted octanol–water partition coefficient (Wildman–Crippen LogP) is 2.90. The molecule has 8 nitrogen and oxygen atoms in total. The van der Waals surface area contributed by atoms with E-state index in [9.17, 15) is 19.7 Å². The second kappa shape index (κ2) is 8.75. The van der Waals surface area contributed by atoms with Crippen LogP contribution < -0.4 is 9.47 Å². The maximum atomic E-state index is 12.9. The van der Waals surface area contributed by atoms with Crippen LogP contribution in [0.5, 0.6) is 11.5 Å². The Labute approximate surface area is 165 Å². The topological polar surface area (TPSA) is 99.0 Å². The summed E-state index contributed by atoms with van der Waals surface area (Å²) in [5, 5.41) is 11.6. The number of hydrogen-bond donors (Lipinski definition) is 0. The van der Waals surface area contributed by atoms with Gasteiger partial charge in [-0.2, -0.15) is 0 Å². The normalized spacial score (nSPS) is 15.9. The molecule has 1 fully saturated rings. The molecule has 3 rings (SSSR count). The van der Waals surface area contributed by atoms with Crippen molar-refractivity contribution in [2.45, 2.75) is 12.6 Å². The third-order valence-electron chi connectivity index (χ3n) is 4.28. The Morgan fingerprint density at radius 3 is 2.71 bits per heavy atom. The van der Waals surface area contributed by atoms with E-state index in [0.29, 0.717) is 17.9 Å². The summed E-state index contributed by atoms with van der Waals surface area (Å²) >= 11 is 1.42. The van der Waals surface area contributed by atoms with Crippen LogP contribution in [0.1, 0.15) is 15.9 Å². The van der Waals surface area contributed by atoms with Gasteiger partial charge in [0.2, 0.25) is 0 Å². The Balaban J connectivity index is 1.93. The Hall–Kier alpha value is -3.07. The molecule has 0 spiro atoms. The minimum absolute atomic E-state index is 0.136. The van der Waals surface area contributed by atoms with Gasteiger partial charge in [0, 0.05) is 11.8 Å². The van der Waals surface area contributed by atoms with E-state index in [2.05, 4.69) is 0 Å². The Bertz CT molecular complexity index is 889. The smallest absolute Gasteiger partial charge is 0.286 e. The van der Waals surface area contributed by atoms with Gasteiger partial charge < -0.3 is 19.2 Å². The number of carbonyl (C=O) groups excluding carboxylic acids is 2. The highest BCUT2D eigenvalue weighted by molar-refractivity contribution is 7.99. The molecule has 1 saturated heterocycles. The Kier molecular flexibility index (Phi) is 6.15. The van der Waals surface area contributed by atoms with E-state index >= 15 is 0 Å². The number of nitro benzene ring substituents is 1. The first-order valence-corrected chi connectivity index (χ1v) is 9.57. The maximum absolute atomic E-state index is 12.9. The highest BCUT2D eigenvalue weighted by Crippen LogP contribution is 2.36. The number of thioether (sulfide) groups is 1. The minimum Gasteiger partial charge on any atom is -0.493 e. The fraction of sp³-hybridized carbons (Fsp3) is 0.263. The summed E-state index contributed by atoms with van der Waals surface area (Å²) in [5.41, 5.74) is 0.356. The largest absolute Gasteiger partial charge is 0.493 e. The Morgan fingerprint density at radius 1 is 1.32 bits per heavy atom. The molecule has 0 N–H and O–H groups in total. The highest BCUT2D eigenvalue weighted by Gasteiger charge is 2.34. The quantitative estimate of drug-likeness (QED) is 0.399. The van der Waals surface area contributed by atoms with Crippen LogP contribution in [-0.4, -0.2) is 46.8 Å². The molecule has 146 valence electrons. The van der Waals surface area contributed by atoms with Crippen molar-refractivity contribution in [3.05, 3.63) is 63.7 Å². The molecule has 1 amide bonds. The molecular weight excluding hydrogens is 384 g/mol. The maximum Gasteiger partial charge on any atom is 0.286 e. The predicted molar refractivity (Wildman–Crippen MR) is 104 cm³/mol. The second-order valence-corrected chi connectivity index (χ2v) is 7.03. The molecule has 1 heterocycles. The van der Waals surface area contributed by atoms with Gasteiger partial charge in [-0.25, -0.2) is 0 Å². The lowest BCUT2D eigenvalue weighted by Gasteiger charge is -2.20. The summed E-state index contributed by atoms with van der Waals surface area (Å²) in [6.45, 7) is 0.192. The van der Waals surface area contributed by atoms with Crippen LogP contribution in [0.25, 0.3) is 0 Å². The molecule has 1 aliphatic heterocycles. The molecule has 28 heavy (non-hydrogen) atoms. The molecule has 1 aliphatic rings. The zero-order valence-corrected chi connectivity index (χ0v) is 15.9. The number of carbonyl (C=O) groups is 2. The molecule has 2 aromatic carbocycles. The van der Waals surface area contributed by atoms with Crippen molar-refractivity contribution in [2.24, 2.45) is 0 Å². The van der Waals surface area contributed by atoms with E-state index in [0.717, 1.165) is 5.56 Å². The van der Waals surface area contributed by atoms with E-state index < -0.39 is 22.6 Å². The molecule has 0 aliphatic carbocycles. The van der Waals surface area contributed by atoms with E-state index in [1.165, 1.54) is 35.9 Å². The molecule has 0 radical (unpaired) electrons. The SMILES string of the molecule is COc1cc(C(=O)N2CSCC2C=O)c([N+](=O)[O-])cc1OCc1ccccc1. The van der Waals surface area contributed by atoms with Gasteiger partial charge in [0.15, 0.2) is 11.5 Å². The van der Waals surface area contributed by atoms with Crippen LogP contribution in [0.3, 0.4) is 0 Å². The average Bonchev–Trinajstić information content (AvgIpc) is 3.20. The van der Waals surface area contributed by atoms with Crippen LogP contribution in [-0.2, 0) is 11.4 Å². The number of benzene rings is 2. The monoisotopic (exact) mass is 402 g/mol. The van der Waals surface area contributed by atoms with E-state index in [1.54, 1.807) is 0 Å². The summed E-state index contributed by atoms with van der Waals surface area (Å²) in [4.78, 5) is 36.3. The number of nitrogens with zero attached hydrogens (tertiary/aromatic N) is 2. The molecule has 9 heteroatoms. The van der Waals surface area contributed by atoms with Gasteiger partial charge in [0.05, 0.1) is 30.0 Å². The fourth-order valence-corrected chi connectivity index (χ4v) is 3.92. The van der Waals surface area contributed by atoms with E-state index in [-0.39, 0.29) is 23.7 Å². The standard InChI is InChI=1S/C19H18N2O6S/c1-26-17-7-15(19(23)20-12-28-11-14(20)9-22)16(21(24)25)8-18(17)27-10-13-5-3-2-4-6-13/h2-9,14H,10-12H2,1H3. The molecule has 1 atom stereocenters. The number of ether oxygens (including phenoxy) is 2. The van der Waals surface area contributed by atoms with Gasteiger partial charge in [0.1, 0.15) is 18.5 Å². The van der Waals surface area contributed by atoms with Crippen molar-refractivity contribution in [1.82, 2.24) is 4.90 Å². The summed E-state index contributed by atoms with van der Waals surface area (Å²) in [7, 11) is 1.39. The van der Waals surface area contributed by atoms with Gasteiger partial charge in [-0.1, -0.05) is 30.3 Å². The van der Waals surface area contributed by atoms with E-state index in [1.807, 2.05) is 30.3 Å². The number of rotatable bonds is 7. The third kappa shape index (κ3) is 4.09. The zero-order valence-electron chi connectivity index (χ0n) is 15.1. The molecule has 0 bridgehead atoms. The van der Waals surface area contributed by atoms with Crippen LogP contribution in [0.4, 0.5) is 5.69 Å². The number of amides is 1. The van der Waals surface area contributed by atoms with Gasteiger partial charge in [-0.15, -0.1) is 11.8 Å². The fourth-order valence-electron chi connectivity index (χ4n) is 2.81. The molecular formula is C19H18N2O6S. The lowest BCUT2D eigenvalue weighted by atomic mass is 10.1. The van der Waals surface area contributed by atoms with Crippen molar-refractivity contribution in [3.63, 3.8) is 0 Å². The summed E-state index contributed by atoms with van der Waals surface area (Å²) < 4.78 is 11.0. The average molecular weight is 402 g/mol. The van der Waals surface area contributed by atoms with Gasteiger partial charge in [-0.3, -0.25) is 14.9 Å². The molecule has 2 aromatic rings. The van der Waals surface area contributed by atoms with Gasteiger partial charge in [0.25, 0.3) is 11.6 Å². The summed E-state index contributed by atoms with van der Waals surface area (Å²) in [5.74, 6) is 0.560. The summed E-state index contributed by atoms with van der Waals surface area (Å²) in [6.07, 6.45) is 0.679. The molecule has 0 aromatic heterocycles. The van der Waals surface area contributed by atoms with Gasteiger partial charge >= 0.3 is 0 Å². The van der Waals surface area contributed by atoms with Crippen molar-refractivity contribution in [1.29, 1.82) is 0 Å². The van der Waals surface area contributed by atoms with Crippen molar-refractivity contribution < 1.29 is 24.0 Å². The van der Waals surface area contributed by atoms with Crippen LogP contribution >= 0.6 is 11.8 Å². The van der Waals surface area contributed by atoms with Crippen molar-refractivity contribution >= 4 is 29.6 Å². The number of hydrogen-bond acceptors (Lipinski definition) is 7. The molecule has 1 unspecified atom stereocenters. The first-order valence-electron chi connectivity index (χ1n) is 8.42. The summed E-state index contributed by atoms with van der Waals surface area (Å²) in [6, 6.07) is 11.2. The Morgan fingerprint density at radius 2 is 2.07 bits per heavy atom. The van der Waals surface area contributed by atoms with Crippen LogP contribution in [0, 0.1) is 10.1 Å². The van der Waals surface area contributed by atoms with Crippen molar-refractivity contribution in [2.75, 3.05) is 18.7 Å².